The lowest BCUT2D eigenvalue weighted by molar-refractivity contribution is 0.0607. The minimum Gasteiger partial charge on any atom is -0.465 e. The lowest BCUT2D eigenvalue weighted by Crippen LogP contribution is -2.13. The van der Waals surface area contributed by atoms with Crippen LogP contribution in [0.15, 0.2) is 69.4 Å². The van der Waals surface area contributed by atoms with Crippen molar-refractivity contribution < 1.29 is 22.4 Å². The third kappa shape index (κ3) is 3.59. The monoisotopic (exact) mass is 448 g/mol. The van der Waals surface area contributed by atoms with Crippen LogP contribution in [0.1, 0.15) is 9.67 Å². The van der Waals surface area contributed by atoms with Crippen LogP contribution in [0.4, 0.5) is 0 Å². The van der Waals surface area contributed by atoms with Gasteiger partial charge in [0.15, 0.2) is 5.76 Å². The van der Waals surface area contributed by atoms with Gasteiger partial charge in [0, 0.05) is 16.8 Å². The quantitative estimate of drug-likeness (QED) is 0.416. The van der Waals surface area contributed by atoms with E-state index in [0.29, 0.717) is 32.7 Å². The van der Waals surface area contributed by atoms with Gasteiger partial charge in [-0.05, 0) is 53.9 Å². The zero-order valence-electron chi connectivity index (χ0n) is 14.9. The van der Waals surface area contributed by atoms with E-state index in [-0.39, 0.29) is 4.90 Å². The number of furan rings is 1. The molecule has 0 spiro atoms. The topological polar surface area (TPSA) is 91.4 Å². The summed E-state index contributed by atoms with van der Waals surface area (Å²) in [4.78, 5) is 12.4. The zero-order chi connectivity index (χ0) is 20.6. The van der Waals surface area contributed by atoms with Crippen molar-refractivity contribution in [3.05, 3.63) is 70.0 Å². The molecule has 0 aliphatic rings. The Kier molecular flexibility index (Phi) is 5.03. The van der Waals surface area contributed by atoms with Gasteiger partial charge in [-0.1, -0.05) is 11.6 Å². The maximum absolute atomic E-state index is 12.7. The van der Waals surface area contributed by atoms with E-state index >= 15 is 0 Å². The molecule has 0 atom stereocenters. The summed E-state index contributed by atoms with van der Waals surface area (Å²) in [5, 5.41) is 6.33. The molecule has 148 valence electrons. The maximum atomic E-state index is 12.7. The number of carbonyl (C=O) groups excluding carboxylic acids is 1. The fraction of sp³-hybridized carbons (Fsp3) is 0.0526. The van der Waals surface area contributed by atoms with E-state index in [0.717, 1.165) is 4.09 Å². The molecule has 3 aromatic heterocycles. The summed E-state index contributed by atoms with van der Waals surface area (Å²) in [6, 6.07) is 12.5. The highest BCUT2D eigenvalue weighted by molar-refractivity contribution is 7.89. The Balaban J connectivity index is 1.66. The molecule has 0 N–H and O–H groups in total. The Morgan fingerprint density at radius 1 is 1.10 bits per heavy atom. The average molecular weight is 449 g/mol. The van der Waals surface area contributed by atoms with Gasteiger partial charge in [-0.3, -0.25) is 0 Å². The third-order valence-electron chi connectivity index (χ3n) is 4.08. The van der Waals surface area contributed by atoms with Crippen molar-refractivity contribution in [1.29, 1.82) is 0 Å². The lowest BCUT2D eigenvalue weighted by Gasteiger charge is -2.04. The number of thiophene rings is 1. The Bertz CT molecular complexity index is 1290. The van der Waals surface area contributed by atoms with E-state index in [1.165, 1.54) is 55.0 Å². The number of aromatic nitrogens is 2. The van der Waals surface area contributed by atoms with E-state index in [1.807, 2.05) is 0 Å². The van der Waals surface area contributed by atoms with Crippen molar-refractivity contribution in [1.82, 2.24) is 9.19 Å². The normalized spacial score (nSPS) is 11.5. The van der Waals surface area contributed by atoms with Gasteiger partial charge in [0.1, 0.15) is 16.3 Å². The minimum absolute atomic E-state index is 0.0673. The number of hydrogen-bond acceptors (Lipinski definition) is 7. The van der Waals surface area contributed by atoms with Crippen LogP contribution in [0, 0.1) is 0 Å². The summed E-state index contributed by atoms with van der Waals surface area (Å²) in [5.41, 5.74) is 0.935. The molecule has 0 saturated heterocycles. The lowest BCUT2D eigenvalue weighted by atomic mass is 10.2. The number of ether oxygens (including phenoxy) is 1. The number of methoxy groups -OCH3 is 1. The second-order valence-corrected chi connectivity index (χ2v) is 9.00. The Labute approximate surface area is 175 Å². The first-order valence-corrected chi connectivity index (χ1v) is 10.9. The van der Waals surface area contributed by atoms with Gasteiger partial charge >= 0.3 is 5.97 Å². The summed E-state index contributed by atoms with van der Waals surface area (Å²) in [7, 11) is -2.54. The number of halogens is 1. The van der Waals surface area contributed by atoms with Crippen molar-refractivity contribution in [2.75, 3.05) is 7.11 Å². The summed E-state index contributed by atoms with van der Waals surface area (Å²) in [6.07, 6.45) is 1.34. The third-order valence-corrected chi connectivity index (χ3v) is 6.79. The van der Waals surface area contributed by atoms with Crippen LogP contribution in [-0.2, 0) is 14.8 Å². The molecule has 4 rings (SSSR count). The predicted octanol–water partition coefficient (Wildman–Crippen LogP) is 4.55. The van der Waals surface area contributed by atoms with Crippen molar-refractivity contribution in [2.24, 2.45) is 0 Å². The Morgan fingerprint density at radius 3 is 2.55 bits per heavy atom. The molecule has 0 amide bonds. The van der Waals surface area contributed by atoms with Gasteiger partial charge in [-0.15, -0.1) is 11.3 Å². The van der Waals surface area contributed by atoms with Gasteiger partial charge in [-0.2, -0.15) is 17.6 Å². The maximum Gasteiger partial charge on any atom is 0.348 e. The molecule has 29 heavy (non-hydrogen) atoms. The van der Waals surface area contributed by atoms with Gasteiger partial charge in [0.05, 0.1) is 12.0 Å². The van der Waals surface area contributed by atoms with E-state index in [1.54, 1.807) is 23.6 Å². The SMILES string of the molecule is COC(=O)c1sccc1-c1ccc(-c2ccn(S(=O)(=O)c3ccc(Cl)cc3)n2)o1. The number of carbonyl (C=O) groups is 1. The van der Waals surface area contributed by atoms with Crippen LogP contribution in [0.25, 0.3) is 22.8 Å². The second kappa shape index (κ2) is 7.51. The summed E-state index contributed by atoms with van der Waals surface area (Å²) >= 11 is 7.06. The molecule has 0 radical (unpaired) electrons. The molecule has 0 unspecified atom stereocenters. The molecule has 10 heteroatoms. The van der Waals surface area contributed by atoms with Gasteiger partial charge < -0.3 is 9.15 Å². The largest absolute Gasteiger partial charge is 0.465 e. The van der Waals surface area contributed by atoms with Crippen molar-refractivity contribution in [2.45, 2.75) is 4.90 Å². The average Bonchev–Trinajstić information content (AvgIpc) is 3.47. The van der Waals surface area contributed by atoms with Crippen LogP contribution in [0.5, 0.6) is 0 Å². The van der Waals surface area contributed by atoms with Crippen LogP contribution in [-0.4, -0.2) is 30.7 Å². The molecular formula is C19H13ClN2O5S2. The predicted molar refractivity (Wildman–Crippen MR) is 109 cm³/mol. The fourth-order valence-electron chi connectivity index (χ4n) is 2.66. The molecule has 4 aromatic rings. The molecule has 3 heterocycles. The van der Waals surface area contributed by atoms with E-state index in [9.17, 15) is 13.2 Å². The minimum atomic E-state index is -3.85. The number of hydrogen-bond donors (Lipinski definition) is 0. The standard InChI is InChI=1S/C19H13ClN2O5S2/c1-26-19(23)18-14(9-11-28-18)16-6-7-17(27-16)15-8-10-22(21-15)29(24,25)13-4-2-12(20)3-5-13/h2-11H,1H3. The highest BCUT2D eigenvalue weighted by atomic mass is 35.5. The molecule has 0 fully saturated rings. The van der Waals surface area contributed by atoms with Crippen molar-refractivity contribution in [3.8, 4) is 22.8 Å². The smallest absolute Gasteiger partial charge is 0.348 e. The summed E-state index contributed by atoms with van der Waals surface area (Å²) < 4.78 is 36.9. The van der Waals surface area contributed by atoms with E-state index < -0.39 is 16.0 Å². The van der Waals surface area contributed by atoms with Gasteiger partial charge in [0.25, 0.3) is 10.0 Å². The van der Waals surface area contributed by atoms with E-state index in [4.69, 9.17) is 20.8 Å². The molecular weight excluding hydrogens is 436 g/mol. The van der Waals surface area contributed by atoms with Gasteiger partial charge in [-0.25, -0.2) is 4.79 Å². The fourth-order valence-corrected chi connectivity index (χ4v) is 4.72. The highest BCUT2D eigenvalue weighted by Crippen LogP contribution is 2.33. The van der Waals surface area contributed by atoms with Crippen molar-refractivity contribution >= 4 is 38.9 Å². The van der Waals surface area contributed by atoms with Crippen LogP contribution >= 0.6 is 22.9 Å². The first kappa shape index (κ1) is 19.4. The van der Waals surface area contributed by atoms with Gasteiger partial charge in [0.2, 0.25) is 0 Å². The summed E-state index contributed by atoms with van der Waals surface area (Å²) in [6.45, 7) is 0. The first-order chi connectivity index (χ1) is 13.9. The molecule has 0 aliphatic heterocycles. The van der Waals surface area contributed by atoms with Crippen molar-refractivity contribution in [3.63, 3.8) is 0 Å². The molecule has 7 nitrogen and oxygen atoms in total. The first-order valence-electron chi connectivity index (χ1n) is 8.23. The summed E-state index contributed by atoms with van der Waals surface area (Å²) in [5.74, 6) is 0.370. The second-order valence-electron chi connectivity index (χ2n) is 5.85. The van der Waals surface area contributed by atoms with E-state index in [2.05, 4.69) is 5.10 Å². The molecule has 0 saturated carbocycles. The Hall–Kier alpha value is -2.88. The molecule has 1 aromatic carbocycles. The highest BCUT2D eigenvalue weighted by Gasteiger charge is 2.21. The number of nitrogens with zero attached hydrogens (tertiary/aromatic N) is 2. The molecule has 0 bridgehead atoms. The zero-order valence-corrected chi connectivity index (χ0v) is 17.3. The van der Waals surface area contributed by atoms with Crippen LogP contribution in [0.3, 0.4) is 0 Å². The van der Waals surface area contributed by atoms with Crippen LogP contribution in [0.2, 0.25) is 5.02 Å². The number of rotatable bonds is 5. The molecule has 0 aliphatic carbocycles. The number of benzene rings is 1. The number of esters is 1. The Morgan fingerprint density at radius 2 is 1.83 bits per heavy atom. The van der Waals surface area contributed by atoms with Crippen LogP contribution < -0.4 is 0 Å².